The summed E-state index contributed by atoms with van der Waals surface area (Å²) in [5.74, 6) is 1.64. The zero-order chi connectivity index (χ0) is 11.4. The highest BCUT2D eigenvalue weighted by atomic mass is 35.5. The minimum atomic E-state index is 0.622. The van der Waals surface area contributed by atoms with E-state index in [1.54, 1.807) is 13.3 Å². The molecular weight excluding hydrogens is 224 g/mol. The van der Waals surface area contributed by atoms with Crippen LogP contribution in [0.15, 0.2) is 18.3 Å². The quantitative estimate of drug-likeness (QED) is 0.812. The molecule has 1 saturated heterocycles. The van der Waals surface area contributed by atoms with Crippen LogP contribution in [0, 0.1) is 5.92 Å². The van der Waals surface area contributed by atoms with Crippen molar-refractivity contribution in [3.05, 3.63) is 23.4 Å². The number of hydrogen-bond acceptors (Lipinski definition) is 3. The highest BCUT2D eigenvalue weighted by Crippen LogP contribution is 2.22. The smallest absolute Gasteiger partial charge is 0.128 e. The fourth-order valence-electron chi connectivity index (χ4n) is 2.20. The molecule has 0 aromatic carbocycles. The molecule has 1 atom stereocenters. The minimum absolute atomic E-state index is 0.622. The van der Waals surface area contributed by atoms with Gasteiger partial charge < -0.3 is 9.64 Å². The van der Waals surface area contributed by atoms with Crippen molar-refractivity contribution < 1.29 is 4.74 Å². The van der Waals surface area contributed by atoms with Crippen LogP contribution < -0.4 is 4.90 Å². The Morgan fingerprint density at radius 2 is 2.44 bits per heavy atom. The summed E-state index contributed by atoms with van der Waals surface area (Å²) in [6.45, 7) is 2.95. The van der Waals surface area contributed by atoms with Crippen LogP contribution in [0.2, 0.25) is 5.02 Å². The molecule has 0 radical (unpaired) electrons. The lowest BCUT2D eigenvalue weighted by atomic mass is 9.99. The van der Waals surface area contributed by atoms with Crippen molar-refractivity contribution in [1.29, 1.82) is 0 Å². The molecule has 2 rings (SSSR count). The van der Waals surface area contributed by atoms with Gasteiger partial charge in [-0.15, -0.1) is 0 Å². The molecular formula is C12H17ClN2O. The first-order valence-electron chi connectivity index (χ1n) is 5.65. The summed E-state index contributed by atoms with van der Waals surface area (Å²) in [6, 6.07) is 3.88. The molecule has 3 nitrogen and oxygen atoms in total. The highest BCUT2D eigenvalue weighted by molar-refractivity contribution is 6.30. The lowest BCUT2D eigenvalue weighted by Crippen LogP contribution is -2.37. The van der Waals surface area contributed by atoms with Gasteiger partial charge in [0.25, 0.3) is 0 Å². The van der Waals surface area contributed by atoms with Gasteiger partial charge in [0.05, 0.1) is 11.6 Å². The molecule has 0 saturated carbocycles. The summed E-state index contributed by atoms with van der Waals surface area (Å²) in [6.07, 6.45) is 4.16. The molecule has 0 amide bonds. The Morgan fingerprint density at radius 3 is 3.12 bits per heavy atom. The van der Waals surface area contributed by atoms with Gasteiger partial charge in [-0.1, -0.05) is 11.6 Å². The van der Waals surface area contributed by atoms with Crippen LogP contribution in [0.25, 0.3) is 0 Å². The average Bonchev–Trinajstić information content (AvgIpc) is 2.31. The van der Waals surface area contributed by atoms with Crippen LogP contribution in [0.5, 0.6) is 0 Å². The van der Waals surface area contributed by atoms with E-state index in [4.69, 9.17) is 16.3 Å². The number of nitrogens with zero attached hydrogens (tertiary/aromatic N) is 2. The van der Waals surface area contributed by atoms with Crippen LogP contribution in [0.1, 0.15) is 12.8 Å². The van der Waals surface area contributed by atoms with Crippen molar-refractivity contribution in [2.75, 3.05) is 31.7 Å². The van der Waals surface area contributed by atoms with Crippen LogP contribution in [0.4, 0.5) is 5.82 Å². The Bertz CT molecular complexity index is 326. The van der Waals surface area contributed by atoms with Gasteiger partial charge in [-0.2, -0.15) is 0 Å². The van der Waals surface area contributed by atoms with Crippen molar-refractivity contribution in [1.82, 2.24) is 4.98 Å². The van der Waals surface area contributed by atoms with Crippen LogP contribution in [-0.2, 0) is 4.74 Å². The van der Waals surface area contributed by atoms with E-state index in [0.29, 0.717) is 10.9 Å². The molecule has 1 aromatic rings. The lowest BCUT2D eigenvalue weighted by molar-refractivity contribution is 0.143. The van der Waals surface area contributed by atoms with Gasteiger partial charge >= 0.3 is 0 Å². The van der Waals surface area contributed by atoms with E-state index in [1.807, 2.05) is 12.1 Å². The SMILES string of the molecule is COCC1CCCN(c2ccc(Cl)cn2)C1. The van der Waals surface area contributed by atoms with E-state index in [9.17, 15) is 0 Å². The number of aromatic nitrogens is 1. The van der Waals surface area contributed by atoms with Crippen molar-refractivity contribution in [2.45, 2.75) is 12.8 Å². The second-order valence-electron chi connectivity index (χ2n) is 4.24. The van der Waals surface area contributed by atoms with Gasteiger partial charge in [0.2, 0.25) is 0 Å². The minimum Gasteiger partial charge on any atom is -0.384 e. The molecule has 1 aliphatic heterocycles. The topological polar surface area (TPSA) is 25.4 Å². The summed E-state index contributed by atoms with van der Waals surface area (Å²) < 4.78 is 5.22. The Labute approximate surface area is 101 Å². The summed E-state index contributed by atoms with van der Waals surface area (Å²) in [7, 11) is 1.76. The molecule has 0 aliphatic carbocycles. The van der Waals surface area contributed by atoms with Gasteiger partial charge in [0.15, 0.2) is 0 Å². The second kappa shape index (κ2) is 5.51. The first-order chi connectivity index (χ1) is 7.79. The van der Waals surface area contributed by atoms with Crippen LogP contribution in [-0.4, -0.2) is 31.8 Å². The molecule has 4 heteroatoms. The molecule has 88 valence electrons. The Kier molecular flexibility index (Phi) is 4.02. The van der Waals surface area contributed by atoms with E-state index in [1.165, 1.54) is 12.8 Å². The number of hydrogen-bond donors (Lipinski definition) is 0. The second-order valence-corrected chi connectivity index (χ2v) is 4.68. The number of halogens is 1. The molecule has 1 aromatic heterocycles. The van der Waals surface area contributed by atoms with E-state index < -0.39 is 0 Å². The van der Waals surface area contributed by atoms with Gasteiger partial charge in [-0.25, -0.2) is 4.98 Å². The van der Waals surface area contributed by atoms with Crippen molar-refractivity contribution in [3.63, 3.8) is 0 Å². The third kappa shape index (κ3) is 2.86. The summed E-state index contributed by atoms with van der Waals surface area (Å²) >= 11 is 5.83. The van der Waals surface area contributed by atoms with E-state index >= 15 is 0 Å². The molecule has 0 N–H and O–H groups in total. The first kappa shape index (κ1) is 11.7. The van der Waals surface area contributed by atoms with Gasteiger partial charge in [-0.3, -0.25) is 0 Å². The molecule has 0 bridgehead atoms. The predicted molar refractivity (Wildman–Crippen MR) is 66.1 cm³/mol. The third-order valence-corrected chi connectivity index (χ3v) is 3.18. The fourth-order valence-corrected chi connectivity index (χ4v) is 2.31. The van der Waals surface area contributed by atoms with Crippen molar-refractivity contribution in [2.24, 2.45) is 5.92 Å². The summed E-state index contributed by atoms with van der Waals surface area (Å²) in [4.78, 5) is 6.66. The van der Waals surface area contributed by atoms with Crippen molar-refractivity contribution >= 4 is 17.4 Å². The van der Waals surface area contributed by atoms with Crippen LogP contribution >= 0.6 is 11.6 Å². The molecule has 16 heavy (non-hydrogen) atoms. The fraction of sp³-hybridized carbons (Fsp3) is 0.583. The maximum atomic E-state index is 5.83. The lowest BCUT2D eigenvalue weighted by Gasteiger charge is -2.33. The van der Waals surface area contributed by atoms with Gasteiger partial charge in [0, 0.05) is 26.4 Å². The number of rotatable bonds is 3. The molecule has 2 heterocycles. The molecule has 1 fully saturated rings. The number of pyridine rings is 1. The number of methoxy groups -OCH3 is 1. The van der Waals surface area contributed by atoms with E-state index in [-0.39, 0.29) is 0 Å². The molecule has 0 spiro atoms. The van der Waals surface area contributed by atoms with Gasteiger partial charge in [0.1, 0.15) is 5.82 Å². The van der Waals surface area contributed by atoms with E-state index in [0.717, 1.165) is 25.5 Å². The predicted octanol–water partition coefficient (Wildman–Crippen LogP) is 2.60. The maximum Gasteiger partial charge on any atom is 0.128 e. The third-order valence-electron chi connectivity index (χ3n) is 2.96. The zero-order valence-electron chi connectivity index (χ0n) is 9.53. The summed E-state index contributed by atoms with van der Waals surface area (Å²) in [5, 5.41) is 0.689. The zero-order valence-corrected chi connectivity index (χ0v) is 10.3. The number of ether oxygens (including phenoxy) is 1. The largest absolute Gasteiger partial charge is 0.384 e. The molecule has 1 aliphatic rings. The highest BCUT2D eigenvalue weighted by Gasteiger charge is 2.20. The van der Waals surface area contributed by atoms with Crippen LogP contribution in [0.3, 0.4) is 0 Å². The first-order valence-corrected chi connectivity index (χ1v) is 6.03. The number of piperidine rings is 1. The van der Waals surface area contributed by atoms with Crippen molar-refractivity contribution in [3.8, 4) is 0 Å². The van der Waals surface area contributed by atoms with E-state index in [2.05, 4.69) is 9.88 Å². The summed E-state index contributed by atoms with van der Waals surface area (Å²) in [5.41, 5.74) is 0. The standard InChI is InChI=1S/C12H17ClN2O/c1-16-9-10-3-2-6-15(8-10)12-5-4-11(13)7-14-12/h4-5,7,10H,2-3,6,8-9H2,1H3. The van der Waals surface area contributed by atoms with Gasteiger partial charge in [-0.05, 0) is 30.9 Å². The normalized spacial score (nSPS) is 21.1. The molecule has 1 unspecified atom stereocenters. The Morgan fingerprint density at radius 1 is 1.56 bits per heavy atom. The maximum absolute atomic E-state index is 5.83. The Hall–Kier alpha value is -0.800. The Balaban J connectivity index is 2.01. The number of anilines is 1. The average molecular weight is 241 g/mol. The monoisotopic (exact) mass is 240 g/mol.